The second-order valence-electron chi connectivity index (χ2n) is 5.80. The molecule has 2 aliphatic rings. The van der Waals surface area contributed by atoms with Gasteiger partial charge in [-0.1, -0.05) is 0 Å². The van der Waals surface area contributed by atoms with Crippen molar-refractivity contribution in [3.05, 3.63) is 12.4 Å². The number of hydrogen-bond donors (Lipinski definition) is 0. The smallest absolute Gasteiger partial charge is 0.134 e. The van der Waals surface area contributed by atoms with E-state index in [1.807, 2.05) is 0 Å². The van der Waals surface area contributed by atoms with Crippen molar-refractivity contribution in [2.24, 2.45) is 0 Å². The predicted molar refractivity (Wildman–Crippen MR) is 84.0 cm³/mol. The Bertz CT molecular complexity index is 443. The molecule has 2 saturated heterocycles. The van der Waals surface area contributed by atoms with Crippen molar-refractivity contribution in [1.82, 2.24) is 14.9 Å². The zero-order valence-corrected chi connectivity index (χ0v) is 12.9. The first kappa shape index (κ1) is 14.5. The summed E-state index contributed by atoms with van der Waals surface area (Å²) >= 11 is 0. The Morgan fingerprint density at radius 2 is 1.90 bits per heavy atom. The fourth-order valence-corrected chi connectivity index (χ4v) is 2.90. The third-order valence-corrected chi connectivity index (χ3v) is 4.31. The van der Waals surface area contributed by atoms with Crippen LogP contribution in [0.5, 0.6) is 0 Å². The van der Waals surface area contributed by atoms with E-state index in [1.165, 1.54) is 12.8 Å². The molecule has 2 aliphatic heterocycles. The molecule has 6 nitrogen and oxygen atoms in total. The Morgan fingerprint density at radius 1 is 1.14 bits per heavy atom. The molecule has 0 atom stereocenters. The monoisotopic (exact) mass is 291 g/mol. The van der Waals surface area contributed by atoms with Crippen LogP contribution in [0.1, 0.15) is 12.8 Å². The highest BCUT2D eigenvalue weighted by Crippen LogP contribution is 2.20. The van der Waals surface area contributed by atoms with Gasteiger partial charge in [0, 0.05) is 52.4 Å². The van der Waals surface area contributed by atoms with Crippen molar-refractivity contribution in [2.75, 3.05) is 69.3 Å². The predicted octanol–water partition coefficient (Wildman–Crippen LogP) is 0.845. The second-order valence-corrected chi connectivity index (χ2v) is 5.80. The molecule has 0 bridgehead atoms. The zero-order valence-electron chi connectivity index (χ0n) is 12.9. The number of anilines is 2. The van der Waals surface area contributed by atoms with Gasteiger partial charge >= 0.3 is 0 Å². The number of hydrogen-bond acceptors (Lipinski definition) is 6. The summed E-state index contributed by atoms with van der Waals surface area (Å²) in [6, 6.07) is 2.12. The molecule has 0 unspecified atom stereocenters. The molecule has 2 fully saturated rings. The van der Waals surface area contributed by atoms with Gasteiger partial charge in [-0.05, 0) is 12.8 Å². The number of nitrogens with zero attached hydrogens (tertiary/aromatic N) is 5. The molecular formula is C15H25N5O. The number of morpholine rings is 1. The molecule has 0 spiro atoms. The minimum absolute atomic E-state index is 0.857. The largest absolute Gasteiger partial charge is 0.379 e. The lowest BCUT2D eigenvalue weighted by Gasteiger charge is -2.29. The minimum atomic E-state index is 0.857. The third kappa shape index (κ3) is 3.83. The molecule has 6 heteroatoms. The maximum atomic E-state index is 5.38. The van der Waals surface area contributed by atoms with Crippen LogP contribution in [0.4, 0.5) is 11.6 Å². The van der Waals surface area contributed by atoms with Gasteiger partial charge in [-0.25, -0.2) is 9.97 Å². The van der Waals surface area contributed by atoms with Crippen LogP contribution in [-0.4, -0.2) is 74.4 Å². The summed E-state index contributed by atoms with van der Waals surface area (Å²) in [5.74, 6) is 2.08. The quantitative estimate of drug-likeness (QED) is 0.801. The summed E-state index contributed by atoms with van der Waals surface area (Å²) < 4.78 is 5.38. The van der Waals surface area contributed by atoms with Gasteiger partial charge in [-0.15, -0.1) is 0 Å². The molecule has 0 saturated carbocycles. The van der Waals surface area contributed by atoms with Gasteiger partial charge in [0.25, 0.3) is 0 Å². The Hall–Kier alpha value is -1.40. The van der Waals surface area contributed by atoms with Gasteiger partial charge in [-0.3, -0.25) is 4.90 Å². The van der Waals surface area contributed by atoms with Crippen LogP contribution in [0, 0.1) is 0 Å². The van der Waals surface area contributed by atoms with Crippen LogP contribution in [-0.2, 0) is 4.74 Å². The maximum absolute atomic E-state index is 5.38. The molecule has 1 aromatic heterocycles. The Balaban J connectivity index is 1.55. The van der Waals surface area contributed by atoms with E-state index >= 15 is 0 Å². The normalized spacial score (nSPS) is 20.0. The van der Waals surface area contributed by atoms with Gasteiger partial charge in [0.2, 0.25) is 0 Å². The lowest BCUT2D eigenvalue weighted by molar-refractivity contribution is 0.0393. The SMILES string of the molecule is CN(CCN1CCOCC1)c1cc(N2CCCC2)ncn1. The number of rotatable bonds is 5. The van der Waals surface area contributed by atoms with Crippen molar-refractivity contribution in [1.29, 1.82) is 0 Å². The van der Waals surface area contributed by atoms with Gasteiger partial charge < -0.3 is 14.5 Å². The summed E-state index contributed by atoms with van der Waals surface area (Å²) in [4.78, 5) is 15.8. The van der Waals surface area contributed by atoms with E-state index in [1.54, 1.807) is 6.33 Å². The van der Waals surface area contributed by atoms with Crippen LogP contribution in [0.15, 0.2) is 12.4 Å². The average Bonchev–Trinajstić information content (AvgIpc) is 3.08. The number of aromatic nitrogens is 2. The van der Waals surface area contributed by atoms with E-state index in [9.17, 15) is 0 Å². The van der Waals surface area contributed by atoms with E-state index in [-0.39, 0.29) is 0 Å². The van der Waals surface area contributed by atoms with Crippen LogP contribution < -0.4 is 9.80 Å². The van der Waals surface area contributed by atoms with Crippen molar-refractivity contribution in [2.45, 2.75) is 12.8 Å². The molecule has 3 rings (SSSR count). The molecule has 0 N–H and O–H groups in total. The Kier molecular flexibility index (Phi) is 4.87. The highest BCUT2D eigenvalue weighted by Gasteiger charge is 2.16. The van der Waals surface area contributed by atoms with Crippen molar-refractivity contribution >= 4 is 11.6 Å². The maximum Gasteiger partial charge on any atom is 0.134 e. The Labute approximate surface area is 126 Å². The standard InChI is InChI=1S/C15H25N5O/c1-18(6-7-19-8-10-21-11-9-19)14-12-15(17-13-16-14)20-4-2-3-5-20/h12-13H,2-11H2,1H3. The summed E-state index contributed by atoms with van der Waals surface area (Å²) in [5.41, 5.74) is 0. The van der Waals surface area contributed by atoms with E-state index in [0.29, 0.717) is 0 Å². The second kappa shape index (κ2) is 7.04. The van der Waals surface area contributed by atoms with Crippen LogP contribution in [0.25, 0.3) is 0 Å². The minimum Gasteiger partial charge on any atom is -0.379 e. The van der Waals surface area contributed by atoms with E-state index in [4.69, 9.17) is 4.74 Å². The van der Waals surface area contributed by atoms with Crippen LogP contribution in [0.3, 0.4) is 0 Å². The lowest BCUT2D eigenvalue weighted by Crippen LogP contribution is -2.40. The summed E-state index contributed by atoms with van der Waals surface area (Å²) in [7, 11) is 2.11. The van der Waals surface area contributed by atoms with Crippen LogP contribution >= 0.6 is 0 Å². The summed E-state index contributed by atoms with van der Waals surface area (Å²) in [6.07, 6.45) is 4.23. The topological polar surface area (TPSA) is 44.7 Å². The first-order chi connectivity index (χ1) is 10.3. The van der Waals surface area contributed by atoms with Crippen molar-refractivity contribution in [3.63, 3.8) is 0 Å². The Morgan fingerprint density at radius 3 is 2.67 bits per heavy atom. The molecular weight excluding hydrogens is 266 g/mol. The molecule has 0 amide bonds. The van der Waals surface area contributed by atoms with E-state index in [0.717, 1.165) is 64.1 Å². The van der Waals surface area contributed by atoms with Gasteiger partial charge in [0.15, 0.2) is 0 Å². The van der Waals surface area contributed by atoms with Gasteiger partial charge in [0.1, 0.15) is 18.0 Å². The molecule has 116 valence electrons. The van der Waals surface area contributed by atoms with Crippen LogP contribution in [0.2, 0.25) is 0 Å². The molecule has 0 radical (unpaired) electrons. The third-order valence-electron chi connectivity index (χ3n) is 4.31. The van der Waals surface area contributed by atoms with Crippen molar-refractivity contribution < 1.29 is 4.74 Å². The summed E-state index contributed by atoms with van der Waals surface area (Å²) in [5, 5.41) is 0. The fraction of sp³-hybridized carbons (Fsp3) is 0.733. The first-order valence-electron chi connectivity index (χ1n) is 7.91. The first-order valence-corrected chi connectivity index (χ1v) is 7.91. The van der Waals surface area contributed by atoms with Gasteiger partial charge in [-0.2, -0.15) is 0 Å². The van der Waals surface area contributed by atoms with Crippen molar-refractivity contribution in [3.8, 4) is 0 Å². The van der Waals surface area contributed by atoms with E-state index < -0.39 is 0 Å². The molecule has 1 aromatic rings. The summed E-state index contributed by atoms with van der Waals surface area (Å²) in [6.45, 7) is 8.07. The number of ether oxygens (including phenoxy) is 1. The average molecular weight is 291 g/mol. The van der Waals surface area contributed by atoms with E-state index in [2.05, 4.69) is 37.8 Å². The molecule has 21 heavy (non-hydrogen) atoms. The zero-order chi connectivity index (χ0) is 14.5. The highest BCUT2D eigenvalue weighted by molar-refractivity contribution is 5.50. The molecule has 0 aromatic carbocycles. The highest BCUT2D eigenvalue weighted by atomic mass is 16.5. The molecule has 3 heterocycles. The number of likely N-dealkylation sites (N-methyl/N-ethyl adjacent to an activating group) is 1. The van der Waals surface area contributed by atoms with Gasteiger partial charge in [0.05, 0.1) is 13.2 Å². The molecule has 0 aliphatic carbocycles. The fourth-order valence-electron chi connectivity index (χ4n) is 2.90. The lowest BCUT2D eigenvalue weighted by atomic mass is 10.4.